The van der Waals surface area contributed by atoms with E-state index in [4.69, 9.17) is 16.3 Å². The van der Waals surface area contributed by atoms with E-state index in [1.165, 1.54) is 24.7 Å². The molecule has 0 aromatic carbocycles. The second-order valence-corrected chi connectivity index (χ2v) is 6.59. The molecule has 0 aliphatic heterocycles. The number of rotatable bonds is 6. The number of pyridine rings is 1. The highest BCUT2D eigenvalue weighted by atomic mass is 35.5. The van der Waals surface area contributed by atoms with E-state index in [1.54, 1.807) is 6.20 Å². The number of ether oxygens (including phenoxy) is 1. The van der Waals surface area contributed by atoms with Gasteiger partial charge in [0.25, 0.3) is 0 Å². The van der Waals surface area contributed by atoms with Crippen molar-refractivity contribution in [3.05, 3.63) is 40.9 Å². The number of hydrogen-bond acceptors (Lipinski definition) is 4. The maximum Gasteiger partial charge on any atom is 0.155 e. The van der Waals surface area contributed by atoms with Crippen LogP contribution in [0.4, 0.5) is 0 Å². The molecule has 0 spiro atoms. The number of halogens is 1. The van der Waals surface area contributed by atoms with Crippen LogP contribution in [-0.2, 0) is 6.54 Å². The van der Waals surface area contributed by atoms with Gasteiger partial charge < -0.3 is 4.74 Å². The van der Waals surface area contributed by atoms with Gasteiger partial charge in [-0.25, -0.2) is 0 Å². The minimum Gasteiger partial charge on any atom is -0.491 e. The molecule has 0 radical (unpaired) electrons. The minimum absolute atomic E-state index is 0.326. The van der Waals surface area contributed by atoms with Crippen LogP contribution < -0.4 is 4.74 Å². The summed E-state index contributed by atoms with van der Waals surface area (Å²) in [5, 5.41) is 4.73. The number of carbonyl (C=O) groups is 1. The molecule has 24 heavy (non-hydrogen) atoms. The fourth-order valence-electron chi connectivity index (χ4n) is 3.57. The van der Waals surface area contributed by atoms with Gasteiger partial charge in [-0.05, 0) is 25.8 Å². The zero-order valence-electron chi connectivity index (χ0n) is 13.8. The van der Waals surface area contributed by atoms with Crippen LogP contribution in [0.1, 0.15) is 54.6 Å². The Morgan fingerprint density at radius 1 is 1.38 bits per heavy atom. The Hall–Kier alpha value is -1.88. The number of aromatic nitrogens is 3. The van der Waals surface area contributed by atoms with Crippen molar-refractivity contribution in [2.45, 2.75) is 45.1 Å². The quantitative estimate of drug-likeness (QED) is 0.738. The molecule has 6 heteroatoms. The Kier molecular flexibility index (Phi) is 5.51. The molecule has 0 amide bonds. The van der Waals surface area contributed by atoms with Gasteiger partial charge in [0.1, 0.15) is 5.75 Å². The van der Waals surface area contributed by atoms with Crippen molar-refractivity contribution in [2.75, 3.05) is 6.61 Å². The monoisotopic (exact) mass is 347 g/mol. The molecule has 1 saturated carbocycles. The third-order valence-electron chi connectivity index (χ3n) is 4.81. The van der Waals surface area contributed by atoms with Crippen LogP contribution in [0.2, 0.25) is 5.02 Å². The highest BCUT2D eigenvalue weighted by Gasteiger charge is 2.29. The summed E-state index contributed by atoms with van der Waals surface area (Å²) in [4.78, 5) is 15.3. The summed E-state index contributed by atoms with van der Waals surface area (Å²) < 4.78 is 8.01. The third kappa shape index (κ3) is 3.46. The molecule has 128 valence electrons. The van der Waals surface area contributed by atoms with E-state index in [2.05, 4.69) is 27.8 Å². The predicted molar refractivity (Wildman–Crippen MR) is 92.7 cm³/mol. The topological polar surface area (TPSA) is 57.0 Å². The van der Waals surface area contributed by atoms with Crippen molar-refractivity contribution >= 4 is 17.9 Å². The van der Waals surface area contributed by atoms with E-state index in [9.17, 15) is 4.79 Å². The Balaban J connectivity index is 1.75. The van der Waals surface area contributed by atoms with Gasteiger partial charge in [-0.2, -0.15) is 5.10 Å². The maximum absolute atomic E-state index is 11.2. The highest BCUT2D eigenvalue weighted by molar-refractivity contribution is 6.33. The van der Waals surface area contributed by atoms with Crippen LogP contribution in [0.25, 0.3) is 0 Å². The molecule has 2 atom stereocenters. The number of carbonyl (C=O) groups excluding carboxylic acids is 1. The van der Waals surface area contributed by atoms with E-state index in [0.717, 1.165) is 25.7 Å². The molecule has 0 bridgehead atoms. The zero-order valence-corrected chi connectivity index (χ0v) is 14.6. The summed E-state index contributed by atoms with van der Waals surface area (Å²) in [6, 6.07) is 2.12. The van der Waals surface area contributed by atoms with Crippen LogP contribution in [0, 0.1) is 5.92 Å². The predicted octanol–water partition coefficient (Wildman–Crippen LogP) is 4.12. The highest BCUT2D eigenvalue weighted by Crippen LogP contribution is 2.38. The van der Waals surface area contributed by atoms with E-state index in [1.807, 2.05) is 6.20 Å². The minimum atomic E-state index is 0.326. The number of nitrogens with zero attached hydrogens (tertiary/aromatic N) is 3. The lowest BCUT2D eigenvalue weighted by Gasteiger charge is -2.31. The summed E-state index contributed by atoms with van der Waals surface area (Å²) in [5.41, 5.74) is 1.66. The van der Waals surface area contributed by atoms with Crippen molar-refractivity contribution in [2.24, 2.45) is 5.92 Å². The molecule has 1 aliphatic carbocycles. The van der Waals surface area contributed by atoms with Crippen LogP contribution >= 0.6 is 11.6 Å². The molecule has 2 aromatic rings. The molecule has 2 aromatic heterocycles. The summed E-state index contributed by atoms with van der Waals surface area (Å²) in [5.74, 6) is 1.30. The van der Waals surface area contributed by atoms with Gasteiger partial charge >= 0.3 is 0 Å². The first-order valence-electron chi connectivity index (χ1n) is 8.47. The average molecular weight is 348 g/mol. The second-order valence-electron chi connectivity index (χ2n) is 6.18. The van der Waals surface area contributed by atoms with Gasteiger partial charge in [0, 0.05) is 36.5 Å². The van der Waals surface area contributed by atoms with Gasteiger partial charge in [-0.1, -0.05) is 24.4 Å². The largest absolute Gasteiger partial charge is 0.491 e. The summed E-state index contributed by atoms with van der Waals surface area (Å²) in [6.45, 7) is 3.54. The van der Waals surface area contributed by atoms with E-state index >= 15 is 0 Å². The van der Waals surface area contributed by atoms with Crippen molar-refractivity contribution in [3.8, 4) is 5.75 Å². The molecule has 0 N–H and O–H groups in total. The lowest BCUT2D eigenvalue weighted by atomic mass is 9.78. The Bertz CT molecular complexity index is 701. The first-order valence-corrected chi connectivity index (χ1v) is 8.85. The number of aryl methyl sites for hydroxylation is 1. The van der Waals surface area contributed by atoms with Gasteiger partial charge in [-0.15, -0.1) is 0 Å². The first kappa shape index (κ1) is 17.0. The normalized spacial score (nSPS) is 20.8. The summed E-state index contributed by atoms with van der Waals surface area (Å²) in [6.07, 6.45) is 10.3. The third-order valence-corrected chi connectivity index (χ3v) is 5.11. The fourth-order valence-corrected chi connectivity index (χ4v) is 3.77. The van der Waals surface area contributed by atoms with E-state index in [0.29, 0.717) is 34.8 Å². The van der Waals surface area contributed by atoms with Gasteiger partial charge in [-0.3, -0.25) is 14.5 Å². The first-order chi connectivity index (χ1) is 11.7. The smallest absolute Gasteiger partial charge is 0.155 e. The summed E-state index contributed by atoms with van der Waals surface area (Å²) >= 11 is 6.02. The van der Waals surface area contributed by atoms with Crippen molar-refractivity contribution in [1.29, 1.82) is 0 Å². The van der Waals surface area contributed by atoms with Crippen LogP contribution in [0.15, 0.2) is 24.7 Å². The SMILES string of the molecule is CCn1nccc1C1CCCCC1COc1cncc(Cl)c1C=O. The van der Waals surface area contributed by atoms with Crippen molar-refractivity contribution in [1.82, 2.24) is 14.8 Å². The zero-order chi connectivity index (χ0) is 16.9. The maximum atomic E-state index is 11.2. The average Bonchev–Trinajstić information content (AvgIpc) is 3.08. The van der Waals surface area contributed by atoms with Crippen LogP contribution in [0.5, 0.6) is 5.75 Å². The van der Waals surface area contributed by atoms with Crippen molar-refractivity contribution in [3.63, 3.8) is 0 Å². The van der Waals surface area contributed by atoms with Gasteiger partial charge in [0.05, 0.1) is 23.4 Å². The Morgan fingerprint density at radius 2 is 2.21 bits per heavy atom. The second kappa shape index (κ2) is 7.79. The van der Waals surface area contributed by atoms with E-state index < -0.39 is 0 Å². The molecular formula is C18H22ClN3O2. The molecule has 0 saturated heterocycles. The molecule has 1 fully saturated rings. The van der Waals surface area contributed by atoms with Gasteiger partial charge in [0.15, 0.2) is 6.29 Å². The molecule has 3 rings (SSSR count). The lowest BCUT2D eigenvalue weighted by molar-refractivity contribution is 0.111. The molecule has 5 nitrogen and oxygen atoms in total. The molecule has 1 aliphatic rings. The van der Waals surface area contributed by atoms with Crippen molar-refractivity contribution < 1.29 is 9.53 Å². The summed E-state index contributed by atoms with van der Waals surface area (Å²) in [7, 11) is 0. The van der Waals surface area contributed by atoms with E-state index in [-0.39, 0.29) is 0 Å². The standard InChI is InChI=1S/C18H22ClN3O2/c1-2-22-17(7-8-21-22)14-6-4-3-5-13(14)12-24-18-10-20-9-16(19)15(18)11-23/h7-11,13-14H,2-6,12H2,1H3. The van der Waals surface area contributed by atoms with Crippen LogP contribution in [-0.4, -0.2) is 27.7 Å². The Morgan fingerprint density at radius 3 is 3.00 bits per heavy atom. The fraction of sp³-hybridized carbons (Fsp3) is 0.500. The number of aldehydes is 1. The Labute approximate surface area is 147 Å². The van der Waals surface area contributed by atoms with Crippen LogP contribution in [0.3, 0.4) is 0 Å². The van der Waals surface area contributed by atoms with Gasteiger partial charge in [0.2, 0.25) is 0 Å². The lowest BCUT2D eigenvalue weighted by Crippen LogP contribution is -2.26. The molecule has 2 heterocycles. The molecular weight excluding hydrogens is 326 g/mol. The molecule has 2 unspecified atom stereocenters. The number of hydrogen-bond donors (Lipinski definition) is 0.